The molecule has 1 unspecified atom stereocenters. The minimum atomic E-state index is 0.412. The first kappa shape index (κ1) is 16.2. The lowest BCUT2D eigenvalue weighted by Crippen LogP contribution is -2.20. The van der Waals surface area contributed by atoms with Crippen molar-refractivity contribution in [2.24, 2.45) is 0 Å². The summed E-state index contributed by atoms with van der Waals surface area (Å²) in [5.74, 6) is 0. The van der Waals surface area contributed by atoms with Gasteiger partial charge in [-0.25, -0.2) is 0 Å². The van der Waals surface area contributed by atoms with Gasteiger partial charge in [-0.1, -0.05) is 29.8 Å². The Bertz CT molecular complexity index is 324. The maximum Gasteiger partial charge on any atom is 0.0700 e. The van der Waals surface area contributed by atoms with Crippen molar-refractivity contribution in [3.63, 3.8) is 0 Å². The van der Waals surface area contributed by atoms with Gasteiger partial charge in [0.15, 0.2) is 0 Å². The summed E-state index contributed by atoms with van der Waals surface area (Å²) in [6, 6.07) is 9.13. The van der Waals surface area contributed by atoms with Gasteiger partial charge in [0.1, 0.15) is 0 Å². The number of hydrogen-bond acceptors (Lipinski definition) is 3. The van der Waals surface area contributed by atoms with Gasteiger partial charge in [0, 0.05) is 19.8 Å². The molecule has 0 aliphatic heterocycles. The summed E-state index contributed by atoms with van der Waals surface area (Å²) in [6.07, 6.45) is 2.24. The molecule has 19 heavy (non-hydrogen) atoms. The Morgan fingerprint density at radius 1 is 1.05 bits per heavy atom. The van der Waals surface area contributed by atoms with E-state index in [9.17, 15) is 0 Å². The monoisotopic (exact) mass is 265 g/mol. The van der Waals surface area contributed by atoms with Gasteiger partial charge in [-0.3, -0.25) is 0 Å². The molecule has 0 aliphatic carbocycles. The Morgan fingerprint density at radius 3 is 2.47 bits per heavy atom. The van der Waals surface area contributed by atoms with E-state index in [1.807, 2.05) is 0 Å². The van der Waals surface area contributed by atoms with Gasteiger partial charge in [-0.15, -0.1) is 0 Å². The summed E-state index contributed by atoms with van der Waals surface area (Å²) in [5, 5.41) is 3.54. The van der Waals surface area contributed by atoms with Crippen molar-refractivity contribution in [3.05, 3.63) is 35.4 Å². The van der Waals surface area contributed by atoms with E-state index in [0.717, 1.165) is 26.0 Å². The molecule has 3 nitrogen and oxygen atoms in total. The van der Waals surface area contributed by atoms with Crippen molar-refractivity contribution >= 4 is 0 Å². The van der Waals surface area contributed by atoms with Crippen LogP contribution in [0.15, 0.2) is 24.3 Å². The van der Waals surface area contributed by atoms with Crippen LogP contribution < -0.4 is 5.32 Å². The van der Waals surface area contributed by atoms with Crippen LogP contribution in [0.5, 0.6) is 0 Å². The molecular formula is C16H27NO2. The summed E-state index contributed by atoms with van der Waals surface area (Å²) in [4.78, 5) is 0. The molecule has 0 spiro atoms. The van der Waals surface area contributed by atoms with E-state index in [-0.39, 0.29) is 0 Å². The molecule has 3 heteroatoms. The number of benzene rings is 1. The number of rotatable bonds is 10. The molecule has 1 atom stereocenters. The van der Waals surface area contributed by atoms with Gasteiger partial charge in [-0.2, -0.15) is 0 Å². The predicted octanol–water partition coefficient (Wildman–Crippen LogP) is 3.09. The molecule has 0 saturated heterocycles. The Morgan fingerprint density at radius 2 is 1.79 bits per heavy atom. The first-order chi connectivity index (χ1) is 9.24. The van der Waals surface area contributed by atoms with Gasteiger partial charge < -0.3 is 14.8 Å². The number of ether oxygens (including phenoxy) is 2. The van der Waals surface area contributed by atoms with Crippen LogP contribution in [0.1, 0.15) is 36.9 Å². The molecule has 0 heterocycles. The first-order valence-electron chi connectivity index (χ1n) is 7.10. The van der Waals surface area contributed by atoms with E-state index in [1.54, 1.807) is 7.11 Å². The third kappa shape index (κ3) is 7.31. The van der Waals surface area contributed by atoms with Crippen molar-refractivity contribution < 1.29 is 9.47 Å². The molecule has 0 aliphatic rings. The van der Waals surface area contributed by atoms with Crippen molar-refractivity contribution in [2.75, 3.05) is 33.5 Å². The van der Waals surface area contributed by atoms with Crippen molar-refractivity contribution in [1.29, 1.82) is 0 Å². The number of aryl methyl sites for hydroxylation is 1. The molecule has 1 aromatic rings. The lowest BCUT2D eigenvalue weighted by atomic mass is 10.1. The summed E-state index contributed by atoms with van der Waals surface area (Å²) in [7, 11) is 1.69. The smallest absolute Gasteiger partial charge is 0.0700 e. The number of methoxy groups -OCH3 is 1. The Hall–Kier alpha value is -0.900. The van der Waals surface area contributed by atoms with Gasteiger partial charge in [0.25, 0.3) is 0 Å². The number of nitrogens with one attached hydrogen (secondary N) is 1. The van der Waals surface area contributed by atoms with Crippen LogP contribution in [0.25, 0.3) is 0 Å². The van der Waals surface area contributed by atoms with E-state index in [2.05, 4.69) is 43.4 Å². The third-order valence-electron chi connectivity index (χ3n) is 3.18. The zero-order valence-corrected chi connectivity index (χ0v) is 12.4. The van der Waals surface area contributed by atoms with Crippen molar-refractivity contribution in [1.82, 2.24) is 5.32 Å². The molecule has 0 bridgehead atoms. The second-order valence-electron chi connectivity index (χ2n) is 4.90. The summed E-state index contributed by atoms with van der Waals surface area (Å²) in [6.45, 7) is 7.56. The molecule has 0 amide bonds. The van der Waals surface area contributed by atoms with Crippen LogP contribution in [0.2, 0.25) is 0 Å². The maximum atomic E-state index is 5.43. The molecule has 0 aromatic heterocycles. The lowest BCUT2D eigenvalue weighted by molar-refractivity contribution is 0.0687. The average Bonchev–Trinajstić information content (AvgIpc) is 2.42. The molecule has 1 N–H and O–H groups in total. The van der Waals surface area contributed by atoms with E-state index in [4.69, 9.17) is 9.47 Å². The second kappa shape index (κ2) is 9.96. The van der Waals surface area contributed by atoms with Gasteiger partial charge in [-0.05, 0) is 38.8 Å². The predicted molar refractivity (Wildman–Crippen MR) is 79.5 cm³/mol. The highest BCUT2D eigenvalue weighted by Gasteiger charge is 2.03. The quantitative estimate of drug-likeness (QED) is 0.659. The third-order valence-corrected chi connectivity index (χ3v) is 3.18. The fourth-order valence-electron chi connectivity index (χ4n) is 1.86. The highest BCUT2D eigenvalue weighted by Crippen LogP contribution is 2.12. The standard InChI is InChI=1S/C16H27NO2/c1-14-6-8-16(9-7-14)15(2)17-10-4-5-11-19-13-12-18-3/h6-9,15,17H,4-5,10-13H2,1-3H3. The van der Waals surface area contributed by atoms with Gasteiger partial charge in [0.05, 0.1) is 13.2 Å². The van der Waals surface area contributed by atoms with Crippen LogP contribution in [-0.4, -0.2) is 33.5 Å². The fraction of sp³-hybridized carbons (Fsp3) is 0.625. The highest BCUT2D eigenvalue weighted by atomic mass is 16.5. The Balaban J connectivity index is 2.04. The molecule has 0 radical (unpaired) electrons. The molecule has 108 valence electrons. The van der Waals surface area contributed by atoms with Gasteiger partial charge >= 0.3 is 0 Å². The SMILES string of the molecule is COCCOCCCCNC(C)c1ccc(C)cc1. The van der Waals surface area contributed by atoms with Crippen molar-refractivity contribution in [3.8, 4) is 0 Å². The van der Waals surface area contributed by atoms with Crippen molar-refractivity contribution in [2.45, 2.75) is 32.7 Å². The van der Waals surface area contributed by atoms with Crippen LogP contribution in [-0.2, 0) is 9.47 Å². The fourth-order valence-corrected chi connectivity index (χ4v) is 1.86. The normalized spacial score (nSPS) is 12.6. The van der Waals surface area contributed by atoms with Crippen LogP contribution in [0.3, 0.4) is 0 Å². The minimum Gasteiger partial charge on any atom is -0.382 e. The first-order valence-corrected chi connectivity index (χ1v) is 7.10. The van der Waals surface area contributed by atoms with E-state index in [1.165, 1.54) is 11.1 Å². The number of unbranched alkanes of at least 4 members (excludes halogenated alkanes) is 1. The number of hydrogen-bond donors (Lipinski definition) is 1. The molecule has 0 saturated carbocycles. The Labute approximate surface area is 117 Å². The maximum absolute atomic E-state index is 5.43. The molecular weight excluding hydrogens is 238 g/mol. The summed E-state index contributed by atoms with van der Waals surface area (Å²) in [5.41, 5.74) is 2.66. The van der Waals surface area contributed by atoms with Crippen LogP contribution in [0, 0.1) is 6.92 Å². The zero-order chi connectivity index (χ0) is 13.9. The zero-order valence-electron chi connectivity index (χ0n) is 12.4. The Kier molecular flexibility index (Phi) is 8.47. The molecule has 0 fully saturated rings. The minimum absolute atomic E-state index is 0.412. The summed E-state index contributed by atoms with van der Waals surface area (Å²) < 4.78 is 10.3. The lowest BCUT2D eigenvalue weighted by Gasteiger charge is -2.14. The van der Waals surface area contributed by atoms with Gasteiger partial charge in [0.2, 0.25) is 0 Å². The molecule has 1 aromatic carbocycles. The second-order valence-corrected chi connectivity index (χ2v) is 4.90. The largest absolute Gasteiger partial charge is 0.382 e. The summed E-state index contributed by atoms with van der Waals surface area (Å²) >= 11 is 0. The van der Waals surface area contributed by atoms with Crippen LogP contribution in [0.4, 0.5) is 0 Å². The topological polar surface area (TPSA) is 30.5 Å². The van der Waals surface area contributed by atoms with E-state index in [0.29, 0.717) is 19.3 Å². The van der Waals surface area contributed by atoms with E-state index >= 15 is 0 Å². The average molecular weight is 265 g/mol. The molecule has 1 rings (SSSR count). The van der Waals surface area contributed by atoms with E-state index < -0.39 is 0 Å². The highest BCUT2D eigenvalue weighted by molar-refractivity contribution is 5.23. The van der Waals surface area contributed by atoms with Crippen LogP contribution >= 0.6 is 0 Å².